The lowest BCUT2D eigenvalue weighted by atomic mass is 9.77. The summed E-state index contributed by atoms with van der Waals surface area (Å²) in [5.74, 6) is 0.244. The lowest BCUT2D eigenvalue weighted by molar-refractivity contribution is -0.121. The van der Waals surface area contributed by atoms with Gasteiger partial charge >= 0.3 is 5.97 Å². The van der Waals surface area contributed by atoms with Crippen LogP contribution in [-0.2, 0) is 15.1 Å². The van der Waals surface area contributed by atoms with Crippen LogP contribution in [0.5, 0.6) is 28.7 Å². The maximum atomic E-state index is 13.5. The molecule has 4 aliphatic heterocycles. The quantitative estimate of drug-likeness (QED) is 0.0456. The van der Waals surface area contributed by atoms with Crippen molar-refractivity contribution >= 4 is 34.8 Å². The summed E-state index contributed by atoms with van der Waals surface area (Å²) in [6, 6.07) is 28.1. The summed E-state index contributed by atoms with van der Waals surface area (Å²) in [6.07, 6.45) is 1.65. The van der Waals surface area contributed by atoms with Crippen molar-refractivity contribution in [1.82, 2.24) is 31.9 Å². The van der Waals surface area contributed by atoms with Crippen molar-refractivity contribution in [2.75, 3.05) is 68.9 Å². The van der Waals surface area contributed by atoms with Crippen LogP contribution in [0.4, 0.5) is 17.1 Å². The highest BCUT2D eigenvalue weighted by Crippen LogP contribution is 2.57. The number of carbonyl (C=O) groups is 3. The van der Waals surface area contributed by atoms with Crippen LogP contribution in [0.3, 0.4) is 0 Å². The van der Waals surface area contributed by atoms with E-state index in [0.29, 0.717) is 67.9 Å². The van der Waals surface area contributed by atoms with Crippen LogP contribution >= 0.6 is 0 Å². The minimum Gasteiger partial charge on any atom is -0.508 e. The fraction of sp³-hybridized carbons (Fsp3) is 0.298. The third kappa shape index (κ3) is 8.78. The fourth-order valence-corrected chi connectivity index (χ4v) is 8.48. The Hall–Kier alpha value is -7.05. The number of hydrogen-bond acceptors (Lipinski definition) is 15. The Morgan fingerprint density at radius 3 is 2.34 bits per heavy atom. The van der Waals surface area contributed by atoms with Crippen LogP contribution in [0.25, 0.3) is 0 Å². The molecule has 2 amide bonds. The maximum absolute atomic E-state index is 13.5. The molecule has 10 N–H and O–H groups in total. The third-order valence-electron chi connectivity index (χ3n) is 11.7. The molecule has 4 aliphatic rings. The van der Waals surface area contributed by atoms with E-state index in [0.717, 1.165) is 47.9 Å². The summed E-state index contributed by atoms with van der Waals surface area (Å²) in [5, 5.41) is 41.9. The summed E-state index contributed by atoms with van der Waals surface area (Å²) in [5.41, 5.74) is 11.2. The first-order valence-corrected chi connectivity index (χ1v) is 21.5. The van der Waals surface area contributed by atoms with Crippen LogP contribution in [-0.4, -0.2) is 92.0 Å². The second kappa shape index (κ2) is 18.4. The van der Waals surface area contributed by atoms with E-state index in [1.54, 1.807) is 24.3 Å². The van der Waals surface area contributed by atoms with Gasteiger partial charge in [0.25, 0.3) is 5.91 Å². The van der Waals surface area contributed by atoms with Crippen molar-refractivity contribution in [1.29, 1.82) is 0 Å². The largest absolute Gasteiger partial charge is 0.508 e. The first-order valence-electron chi connectivity index (χ1n) is 21.5. The van der Waals surface area contributed by atoms with Crippen molar-refractivity contribution in [2.24, 2.45) is 0 Å². The van der Waals surface area contributed by atoms with Crippen LogP contribution in [0.2, 0.25) is 0 Å². The van der Waals surface area contributed by atoms with Crippen LogP contribution in [0.1, 0.15) is 68.4 Å². The van der Waals surface area contributed by atoms with Gasteiger partial charge in [-0.2, -0.15) is 5.53 Å². The molecule has 0 saturated carbocycles. The molecule has 0 radical (unpaired) electrons. The van der Waals surface area contributed by atoms with Crippen molar-refractivity contribution in [2.45, 2.75) is 37.1 Å². The molecule has 0 aromatic heterocycles. The van der Waals surface area contributed by atoms with Gasteiger partial charge in [0.1, 0.15) is 34.9 Å². The molecule has 17 heteroatoms. The number of nitrogens with one attached hydrogen (secondary N) is 8. The first kappa shape index (κ1) is 42.3. The van der Waals surface area contributed by atoms with E-state index >= 15 is 0 Å². The summed E-state index contributed by atoms with van der Waals surface area (Å²) in [7, 11) is 1.94. The highest BCUT2D eigenvalue weighted by atomic mass is 16.6. The molecule has 2 unspecified atom stereocenters. The second-order valence-electron chi connectivity index (χ2n) is 16.1. The lowest BCUT2D eigenvalue weighted by Gasteiger charge is -2.36. The monoisotopic (exact) mass is 869 g/mol. The average molecular weight is 870 g/mol. The fourth-order valence-electron chi connectivity index (χ4n) is 8.48. The molecule has 0 bridgehead atoms. The number of likely N-dealkylation sites (N-methyl/N-ethyl adjacent to an activating group) is 1. The number of phenolic OH excluding ortho intramolecular Hbond substituents is 2. The zero-order valence-corrected chi connectivity index (χ0v) is 35.3. The summed E-state index contributed by atoms with van der Waals surface area (Å²) >= 11 is 0. The van der Waals surface area contributed by atoms with Gasteiger partial charge in [0.2, 0.25) is 5.91 Å². The second-order valence-corrected chi connectivity index (χ2v) is 16.1. The highest BCUT2D eigenvalue weighted by Gasteiger charge is 2.54. The Labute approximate surface area is 369 Å². The van der Waals surface area contributed by atoms with Gasteiger partial charge < -0.3 is 56.3 Å². The smallest absolute Gasteiger partial charge is 0.340 e. The van der Waals surface area contributed by atoms with Crippen molar-refractivity contribution in [3.05, 3.63) is 130 Å². The number of esters is 1. The van der Waals surface area contributed by atoms with Gasteiger partial charge in [-0.25, -0.2) is 15.2 Å². The molecule has 1 spiro atoms. The number of fused-ring (bicyclic) bond motifs is 7. The third-order valence-corrected chi connectivity index (χ3v) is 11.7. The van der Waals surface area contributed by atoms with Crippen molar-refractivity contribution in [3.8, 4) is 28.7 Å². The lowest BCUT2D eigenvalue weighted by Crippen LogP contribution is -2.41. The zero-order valence-electron chi connectivity index (χ0n) is 35.3. The Morgan fingerprint density at radius 1 is 0.828 bits per heavy atom. The Bertz CT molecular complexity index is 2500. The Kier molecular flexibility index (Phi) is 12.1. The van der Waals surface area contributed by atoms with Crippen molar-refractivity contribution in [3.63, 3.8) is 0 Å². The van der Waals surface area contributed by atoms with E-state index in [2.05, 4.69) is 61.1 Å². The number of rotatable bonds is 17. The van der Waals surface area contributed by atoms with Gasteiger partial charge in [-0.1, -0.05) is 18.2 Å². The molecule has 332 valence electrons. The molecule has 1 saturated heterocycles. The molecule has 2 atom stereocenters. The molecule has 0 aliphatic carbocycles. The number of aromatic hydroxyl groups is 2. The van der Waals surface area contributed by atoms with Gasteiger partial charge in [0.15, 0.2) is 5.60 Å². The van der Waals surface area contributed by atoms with Crippen LogP contribution in [0, 0.1) is 0 Å². The van der Waals surface area contributed by atoms with Crippen LogP contribution < -0.4 is 52.3 Å². The average Bonchev–Trinajstić information content (AvgIpc) is 4.02. The number of phenols is 2. The van der Waals surface area contributed by atoms with Crippen molar-refractivity contribution < 1.29 is 38.8 Å². The van der Waals surface area contributed by atoms with E-state index in [1.807, 2.05) is 36.3 Å². The Balaban J connectivity index is 0.672. The normalized spacial score (nSPS) is 17.5. The SMILES string of the molecule is CNCCNc1ccc2c(c1)NC(c1ccc(OCCCC(=O)NCCCN3CC(CNC(=O)c4ccc5c(c4)C(=O)OC54c5ccc(O)cc5Oc5cc(O)ccc54)NN3)cc1)N2. The molecular weight excluding hydrogens is 819 g/mol. The molecule has 17 nitrogen and oxygen atoms in total. The molecule has 9 rings (SSSR count). The van der Waals surface area contributed by atoms with E-state index in [9.17, 15) is 24.6 Å². The molecule has 5 aromatic carbocycles. The number of carbonyl (C=O) groups excluding carboxylic acids is 3. The number of anilines is 3. The molecular formula is C47H51N9O8. The Morgan fingerprint density at radius 2 is 1.58 bits per heavy atom. The summed E-state index contributed by atoms with van der Waals surface area (Å²) < 4.78 is 18.1. The van der Waals surface area contributed by atoms with Gasteiger partial charge in [0.05, 0.1) is 29.6 Å². The van der Waals surface area contributed by atoms with E-state index < -0.39 is 11.6 Å². The molecule has 4 heterocycles. The number of hydrogen-bond donors (Lipinski definition) is 10. The van der Waals surface area contributed by atoms with E-state index in [4.69, 9.17) is 14.2 Å². The maximum Gasteiger partial charge on any atom is 0.340 e. The predicted molar refractivity (Wildman–Crippen MR) is 240 cm³/mol. The van der Waals surface area contributed by atoms with Crippen LogP contribution in [0.15, 0.2) is 97.1 Å². The van der Waals surface area contributed by atoms with E-state index in [1.165, 1.54) is 30.3 Å². The standard InChI is InChI=1S/C47H51N9O8/c1-48-18-19-49-30-8-16-39-40(23-30)53-44(52-39)28-5-11-34(12-6-28)62-21-2-4-43(59)50-17-3-20-56-27-31(54-55-56)26-51-45(60)29-7-13-36-35(22-29)46(61)64-47(36)37-14-9-32(57)24-41(37)63-42-25-33(58)10-15-38(42)47/h5-16,22-25,31,44,48-49,52-55,57-58H,2-4,17-21,26-27H2,1H3,(H,50,59)(H,51,60). The summed E-state index contributed by atoms with van der Waals surface area (Å²) in [4.78, 5) is 39.3. The number of amides is 2. The molecule has 5 aromatic rings. The van der Waals surface area contributed by atoms with Gasteiger partial charge in [0, 0.05) is 85.8 Å². The predicted octanol–water partition coefficient (Wildman–Crippen LogP) is 4.62. The highest BCUT2D eigenvalue weighted by molar-refractivity contribution is 6.01. The zero-order chi connectivity index (χ0) is 44.2. The van der Waals surface area contributed by atoms with Gasteiger partial charge in [-0.3, -0.25) is 9.59 Å². The number of nitrogens with zero attached hydrogens (tertiary/aromatic N) is 1. The minimum atomic E-state index is -1.41. The molecule has 64 heavy (non-hydrogen) atoms. The van der Waals surface area contributed by atoms with E-state index in [-0.39, 0.29) is 52.6 Å². The number of ether oxygens (including phenoxy) is 3. The number of benzene rings is 5. The van der Waals surface area contributed by atoms with Gasteiger partial charge in [-0.15, -0.1) is 0 Å². The summed E-state index contributed by atoms with van der Waals surface area (Å²) in [6.45, 7) is 4.32. The minimum absolute atomic E-state index is 0.0247. The first-order chi connectivity index (χ1) is 31.2. The number of hydrazine groups is 2. The topological polar surface area (TPSA) is 219 Å². The molecule has 1 fully saturated rings. The van der Waals surface area contributed by atoms with Gasteiger partial charge in [-0.05, 0) is 92.2 Å².